The van der Waals surface area contributed by atoms with Gasteiger partial charge in [-0.2, -0.15) is 0 Å². The summed E-state index contributed by atoms with van der Waals surface area (Å²) in [6.45, 7) is 7.25. The summed E-state index contributed by atoms with van der Waals surface area (Å²) in [5, 5.41) is 9.96. The number of rotatable bonds is 2. The van der Waals surface area contributed by atoms with E-state index in [-0.39, 0.29) is 17.4 Å². The molecule has 0 aromatic rings. The Morgan fingerprint density at radius 1 is 1.26 bits per heavy atom. The Bertz CT molecular complexity index is 366. The molecule has 3 fully saturated rings. The molecule has 19 heavy (non-hydrogen) atoms. The van der Waals surface area contributed by atoms with Crippen molar-refractivity contribution in [1.29, 1.82) is 0 Å². The molecule has 3 aliphatic rings. The average molecular weight is 265 g/mol. The first-order valence-corrected chi connectivity index (χ1v) is 7.92. The molecule has 2 saturated carbocycles. The normalized spacial score (nSPS) is 42.6. The van der Waals surface area contributed by atoms with Gasteiger partial charge in [0.1, 0.15) is 5.78 Å². The largest absolute Gasteiger partial charge is 0.393 e. The fourth-order valence-corrected chi connectivity index (χ4v) is 4.56. The summed E-state index contributed by atoms with van der Waals surface area (Å²) < 4.78 is 0. The Balaban J connectivity index is 1.59. The van der Waals surface area contributed by atoms with Crippen LogP contribution in [-0.4, -0.2) is 41.5 Å². The van der Waals surface area contributed by atoms with E-state index in [2.05, 4.69) is 18.7 Å². The molecule has 108 valence electrons. The molecule has 0 aromatic carbocycles. The zero-order valence-electron chi connectivity index (χ0n) is 12.3. The van der Waals surface area contributed by atoms with Crippen LogP contribution in [-0.2, 0) is 4.79 Å². The summed E-state index contributed by atoms with van der Waals surface area (Å²) in [7, 11) is 0. The Kier molecular flexibility index (Phi) is 3.46. The molecule has 1 heterocycles. The molecular weight excluding hydrogens is 238 g/mol. The minimum Gasteiger partial charge on any atom is -0.393 e. The second kappa shape index (κ2) is 4.85. The van der Waals surface area contributed by atoms with Gasteiger partial charge in [-0.25, -0.2) is 0 Å². The number of likely N-dealkylation sites (tertiary alicyclic amines) is 1. The molecule has 3 heteroatoms. The quantitative estimate of drug-likeness (QED) is 0.831. The van der Waals surface area contributed by atoms with Crippen molar-refractivity contribution >= 4 is 5.78 Å². The molecule has 4 atom stereocenters. The number of carbonyl (C=O) groups excluding carboxylic acids is 1. The van der Waals surface area contributed by atoms with E-state index in [9.17, 15) is 9.90 Å². The van der Waals surface area contributed by atoms with Gasteiger partial charge in [0.05, 0.1) is 6.10 Å². The van der Waals surface area contributed by atoms with Gasteiger partial charge < -0.3 is 10.0 Å². The van der Waals surface area contributed by atoms with E-state index in [1.54, 1.807) is 0 Å². The van der Waals surface area contributed by atoms with Gasteiger partial charge in [0, 0.05) is 36.9 Å². The van der Waals surface area contributed by atoms with Crippen LogP contribution in [0.5, 0.6) is 0 Å². The Labute approximate surface area is 116 Å². The molecule has 3 nitrogen and oxygen atoms in total. The molecule has 0 radical (unpaired) electrons. The molecule has 0 amide bonds. The lowest BCUT2D eigenvalue weighted by Gasteiger charge is -2.35. The number of hydrogen-bond acceptors (Lipinski definition) is 3. The molecule has 2 aliphatic carbocycles. The fourth-order valence-electron chi connectivity index (χ4n) is 4.56. The van der Waals surface area contributed by atoms with Crippen molar-refractivity contribution in [3.63, 3.8) is 0 Å². The minimum atomic E-state index is -0.113. The van der Waals surface area contributed by atoms with Crippen molar-refractivity contribution in [3.8, 4) is 0 Å². The highest BCUT2D eigenvalue weighted by Gasteiger charge is 2.44. The SMILES string of the molecule is CC1(C)CCCC(CN2CC3CCC(O)C3C2)C1=O. The van der Waals surface area contributed by atoms with E-state index in [0.717, 1.165) is 38.9 Å². The number of carbonyl (C=O) groups is 1. The lowest BCUT2D eigenvalue weighted by Crippen LogP contribution is -2.41. The average Bonchev–Trinajstić information content (AvgIpc) is 2.88. The van der Waals surface area contributed by atoms with Gasteiger partial charge in [-0.15, -0.1) is 0 Å². The monoisotopic (exact) mass is 265 g/mol. The van der Waals surface area contributed by atoms with Crippen LogP contribution in [0.4, 0.5) is 0 Å². The van der Waals surface area contributed by atoms with Crippen LogP contribution in [0.25, 0.3) is 0 Å². The number of ketones is 1. The molecular formula is C16H27NO2. The Morgan fingerprint density at radius 2 is 2.05 bits per heavy atom. The topological polar surface area (TPSA) is 40.5 Å². The number of aliphatic hydroxyl groups is 1. The third-order valence-corrected chi connectivity index (χ3v) is 5.77. The van der Waals surface area contributed by atoms with E-state index in [1.807, 2.05) is 0 Å². The van der Waals surface area contributed by atoms with Crippen molar-refractivity contribution in [1.82, 2.24) is 4.90 Å². The number of Topliss-reactive ketones (excluding diaryl/α,β-unsaturated/α-hetero) is 1. The maximum atomic E-state index is 12.5. The van der Waals surface area contributed by atoms with Crippen LogP contribution in [0.15, 0.2) is 0 Å². The van der Waals surface area contributed by atoms with E-state index in [4.69, 9.17) is 0 Å². The first kappa shape index (κ1) is 13.6. The predicted molar refractivity (Wildman–Crippen MR) is 74.8 cm³/mol. The molecule has 0 aromatic heterocycles. The van der Waals surface area contributed by atoms with Gasteiger partial charge >= 0.3 is 0 Å². The van der Waals surface area contributed by atoms with Crippen LogP contribution in [0, 0.1) is 23.2 Å². The Morgan fingerprint density at radius 3 is 2.79 bits per heavy atom. The van der Waals surface area contributed by atoms with Gasteiger partial charge in [0.2, 0.25) is 0 Å². The molecule has 4 unspecified atom stereocenters. The molecule has 1 N–H and O–H groups in total. The van der Waals surface area contributed by atoms with Gasteiger partial charge in [-0.05, 0) is 31.6 Å². The smallest absolute Gasteiger partial charge is 0.142 e. The first-order valence-electron chi connectivity index (χ1n) is 7.92. The first-order chi connectivity index (χ1) is 8.97. The van der Waals surface area contributed by atoms with E-state index in [0.29, 0.717) is 17.6 Å². The van der Waals surface area contributed by atoms with Crippen molar-refractivity contribution < 1.29 is 9.90 Å². The summed E-state index contributed by atoms with van der Waals surface area (Å²) >= 11 is 0. The summed E-state index contributed by atoms with van der Waals surface area (Å²) in [6, 6.07) is 0. The number of fused-ring (bicyclic) bond motifs is 1. The van der Waals surface area contributed by atoms with Crippen molar-refractivity contribution in [2.45, 2.75) is 52.1 Å². The highest BCUT2D eigenvalue weighted by Crippen LogP contribution is 2.40. The van der Waals surface area contributed by atoms with E-state index in [1.165, 1.54) is 12.8 Å². The lowest BCUT2D eigenvalue weighted by molar-refractivity contribution is -0.134. The number of nitrogens with zero attached hydrogens (tertiary/aromatic N) is 1. The summed E-state index contributed by atoms with van der Waals surface area (Å²) in [4.78, 5) is 14.9. The summed E-state index contributed by atoms with van der Waals surface area (Å²) in [5.41, 5.74) is -0.113. The third-order valence-electron chi connectivity index (χ3n) is 5.77. The maximum absolute atomic E-state index is 12.5. The van der Waals surface area contributed by atoms with Crippen LogP contribution in [0.2, 0.25) is 0 Å². The highest BCUT2D eigenvalue weighted by molar-refractivity contribution is 5.87. The van der Waals surface area contributed by atoms with Crippen LogP contribution in [0.3, 0.4) is 0 Å². The van der Waals surface area contributed by atoms with Crippen LogP contribution in [0.1, 0.15) is 46.0 Å². The second-order valence-electron chi connectivity index (χ2n) is 7.62. The minimum absolute atomic E-state index is 0.0894. The molecule has 0 spiro atoms. The zero-order chi connectivity index (χ0) is 13.6. The van der Waals surface area contributed by atoms with E-state index < -0.39 is 0 Å². The maximum Gasteiger partial charge on any atom is 0.142 e. The Hall–Kier alpha value is -0.410. The van der Waals surface area contributed by atoms with Crippen LogP contribution >= 0.6 is 0 Å². The van der Waals surface area contributed by atoms with E-state index >= 15 is 0 Å². The molecule has 3 rings (SSSR count). The molecule has 1 saturated heterocycles. The van der Waals surface area contributed by atoms with Crippen LogP contribution < -0.4 is 0 Å². The molecule has 1 aliphatic heterocycles. The predicted octanol–water partition coefficient (Wildman–Crippen LogP) is 2.08. The fraction of sp³-hybridized carbons (Fsp3) is 0.938. The standard InChI is InChI=1S/C16H27NO2/c1-16(2)7-3-4-12(15(16)19)9-17-8-11-5-6-14(18)13(11)10-17/h11-14,18H,3-10H2,1-2H3. The van der Waals surface area contributed by atoms with Crippen molar-refractivity contribution in [2.24, 2.45) is 23.2 Å². The lowest BCUT2D eigenvalue weighted by atomic mass is 9.71. The van der Waals surface area contributed by atoms with Gasteiger partial charge in [-0.3, -0.25) is 4.79 Å². The van der Waals surface area contributed by atoms with Crippen molar-refractivity contribution in [2.75, 3.05) is 19.6 Å². The third kappa shape index (κ3) is 2.47. The number of hydrogen-bond donors (Lipinski definition) is 1. The highest BCUT2D eigenvalue weighted by atomic mass is 16.3. The number of aliphatic hydroxyl groups excluding tert-OH is 1. The second-order valence-corrected chi connectivity index (χ2v) is 7.62. The summed E-state index contributed by atoms with van der Waals surface area (Å²) in [6.07, 6.45) is 5.37. The zero-order valence-corrected chi connectivity index (χ0v) is 12.3. The summed E-state index contributed by atoms with van der Waals surface area (Å²) in [5.74, 6) is 1.87. The van der Waals surface area contributed by atoms with Gasteiger partial charge in [0.15, 0.2) is 0 Å². The molecule has 0 bridgehead atoms. The van der Waals surface area contributed by atoms with Gasteiger partial charge in [-0.1, -0.05) is 20.3 Å². The van der Waals surface area contributed by atoms with Gasteiger partial charge in [0.25, 0.3) is 0 Å². The van der Waals surface area contributed by atoms with Crippen molar-refractivity contribution in [3.05, 3.63) is 0 Å².